The van der Waals surface area contributed by atoms with Crippen LogP contribution in [-0.4, -0.2) is 36.6 Å². The number of aromatic amines is 1. The van der Waals surface area contributed by atoms with Crippen molar-refractivity contribution < 1.29 is 14.3 Å². The van der Waals surface area contributed by atoms with Crippen molar-refractivity contribution >= 4 is 29.1 Å². The van der Waals surface area contributed by atoms with Crippen LogP contribution < -0.4 is 25.7 Å². The van der Waals surface area contributed by atoms with E-state index < -0.39 is 0 Å². The number of hydrogen-bond donors (Lipinski definition) is 3. The van der Waals surface area contributed by atoms with Crippen molar-refractivity contribution in [2.45, 2.75) is 6.42 Å². The molecule has 3 aromatic rings. The average molecular weight is 429 g/mol. The van der Waals surface area contributed by atoms with Gasteiger partial charge in [-0.1, -0.05) is 17.7 Å². The Bertz CT molecular complexity index is 1100. The Morgan fingerprint density at radius 3 is 2.63 bits per heavy atom. The molecule has 0 fully saturated rings. The van der Waals surface area contributed by atoms with Crippen LogP contribution in [0.5, 0.6) is 11.5 Å². The Kier molecular flexibility index (Phi) is 6.92. The summed E-state index contributed by atoms with van der Waals surface area (Å²) in [5, 5.41) is 6.27. The van der Waals surface area contributed by atoms with Crippen molar-refractivity contribution in [1.82, 2.24) is 9.97 Å². The highest BCUT2D eigenvalue weighted by Crippen LogP contribution is 2.31. The van der Waals surface area contributed by atoms with E-state index in [-0.39, 0.29) is 30.4 Å². The highest BCUT2D eigenvalue weighted by molar-refractivity contribution is 6.30. The van der Waals surface area contributed by atoms with E-state index >= 15 is 0 Å². The first-order valence-electron chi connectivity index (χ1n) is 9.11. The predicted molar refractivity (Wildman–Crippen MR) is 117 cm³/mol. The zero-order chi connectivity index (χ0) is 21.5. The largest absolute Gasteiger partial charge is 0.493 e. The van der Waals surface area contributed by atoms with Crippen LogP contribution >= 0.6 is 11.6 Å². The quantitative estimate of drug-likeness (QED) is 0.506. The van der Waals surface area contributed by atoms with E-state index in [0.29, 0.717) is 33.5 Å². The summed E-state index contributed by atoms with van der Waals surface area (Å²) in [6, 6.07) is 13.6. The first-order chi connectivity index (χ1) is 14.5. The number of aromatic nitrogens is 2. The minimum absolute atomic E-state index is 0.177. The summed E-state index contributed by atoms with van der Waals surface area (Å²) in [5.41, 5.74) is 1.46. The molecule has 9 heteroatoms. The number of H-pyrrole nitrogens is 1. The molecule has 1 heterocycles. The van der Waals surface area contributed by atoms with E-state index in [9.17, 15) is 9.59 Å². The molecule has 2 aromatic carbocycles. The number of nitrogens with zero attached hydrogens (tertiary/aromatic N) is 1. The maximum Gasteiger partial charge on any atom is 0.252 e. The van der Waals surface area contributed by atoms with Gasteiger partial charge in [0.05, 0.1) is 19.9 Å². The third-order valence-electron chi connectivity index (χ3n) is 4.17. The monoisotopic (exact) mass is 428 g/mol. The molecule has 8 nitrogen and oxygen atoms in total. The van der Waals surface area contributed by atoms with Crippen molar-refractivity contribution in [1.29, 1.82) is 0 Å². The Morgan fingerprint density at radius 1 is 1.10 bits per heavy atom. The maximum atomic E-state index is 12.1. The summed E-state index contributed by atoms with van der Waals surface area (Å²) < 4.78 is 10.5. The molecule has 0 atom stereocenters. The Balaban J connectivity index is 1.66. The minimum atomic E-state index is -0.319. The van der Waals surface area contributed by atoms with Gasteiger partial charge >= 0.3 is 0 Å². The molecule has 0 aliphatic carbocycles. The van der Waals surface area contributed by atoms with Gasteiger partial charge in [0, 0.05) is 35.3 Å². The molecule has 1 aromatic heterocycles. The number of rotatable bonds is 8. The molecule has 0 saturated carbocycles. The molecule has 0 saturated heterocycles. The average Bonchev–Trinajstić information content (AvgIpc) is 2.72. The normalized spacial score (nSPS) is 10.4. The molecule has 1 amide bonds. The van der Waals surface area contributed by atoms with Crippen LogP contribution in [0.2, 0.25) is 5.02 Å². The molecular formula is C21H21ClN4O4. The third kappa shape index (κ3) is 5.51. The van der Waals surface area contributed by atoms with Crippen LogP contribution in [0.25, 0.3) is 11.3 Å². The molecule has 30 heavy (non-hydrogen) atoms. The number of nitrogens with one attached hydrogen (secondary N) is 3. The number of amides is 1. The number of carbonyl (C=O) groups is 1. The van der Waals surface area contributed by atoms with Crippen LogP contribution in [0.4, 0.5) is 11.6 Å². The van der Waals surface area contributed by atoms with E-state index in [1.165, 1.54) is 13.2 Å². The highest BCUT2D eigenvalue weighted by atomic mass is 35.5. The molecule has 0 aliphatic heterocycles. The Morgan fingerprint density at radius 2 is 1.90 bits per heavy atom. The lowest BCUT2D eigenvalue weighted by atomic mass is 10.1. The van der Waals surface area contributed by atoms with Crippen molar-refractivity contribution in [3.8, 4) is 22.8 Å². The number of halogens is 1. The van der Waals surface area contributed by atoms with Gasteiger partial charge in [-0.15, -0.1) is 0 Å². The van der Waals surface area contributed by atoms with Crippen molar-refractivity contribution in [3.05, 3.63) is 63.9 Å². The highest BCUT2D eigenvalue weighted by Gasteiger charge is 2.10. The van der Waals surface area contributed by atoms with Gasteiger partial charge < -0.3 is 20.1 Å². The topological polar surface area (TPSA) is 105 Å². The fourth-order valence-electron chi connectivity index (χ4n) is 2.77. The summed E-state index contributed by atoms with van der Waals surface area (Å²) in [6.07, 6.45) is 0.177. The molecule has 0 radical (unpaired) electrons. The van der Waals surface area contributed by atoms with Crippen molar-refractivity contribution in [3.63, 3.8) is 0 Å². The van der Waals surface area contributed by atoms with Crippen LogP contribution in [0.15, 0.2) is 53.3 Å². The van der Waals surface area contributed by atoms with E-state index in [2.05, 4.69) is 20.6 Å². The van der Waals surface area contributed by atoms with Crippen LogP contribution in [0.1, 0.15) is 6.42 Å². The number of benzene rings is 2. The number of ether oxygens (including phenoxy) is 2. The maximum absolute atomic E-state index is 12.1. The summed E-state index contributed by atoms with van der Waals surface area (Å²) in [4.78, 5) is 31.2. The van der Waals surface area contributed by atoms with E-state index in [4.69, 9.17) is 21.1 Å². The number of methoxy groups -OCH3 is 2. The zero-order valence-electron chi connectivity index (χ0n) is 16.5. The fourth-order valence-corrected chi connectivity index (χ4v) is 2.96. The van der Waals surface area contributed by atoms with E-state index in [1.54, 1.807) is 49.6 Å². The van der Waals surface area contributed by atoms with E-state index in [1.807, 2.05) is 0 Å². The minimum Gasteiger partial charge on any atom is -0.493 e. The molecule has 3 rings (SSSR count). The van der Waals surface area contributed by atoms with Gasteiger partial charge in [-0.2, -0.15) is 0 Å². The first kappa shape index (κ1) is 21.2. The lowest BCUT2D eigenvalue weighted by molar-refractivity contribution is -0.115. The summed E-state index contributed by atoms with van der Waals surface area (Å²) in [5.74, 6) is 1.19. The van der Waals surface area contributed by atoms with Gasteiger partial charge in [-0.25, -0.2) is 4.98 Å². The molecule has 0 spiro atoms. The second-order valence-electron chi connectivity index (χ2n) is 6.28. The summed E-state index contributed by atoms with van der Waals surface area (Å²) in [7, 11) is 3.09. The number of hydrogen-bond acceptors (Lipinski definition) is 6. The lowest BCUT2D eigenvalue weighted by Crippen LogP contribution is -2.18. The SMILES string of the molecule is COc1ccc(-c2cc(=O)[nH]c(NCCC(=O)Nc3cccc(Cl)c3)n2)cc1OC. The second kappa shape index (κ2) is 9.80. The van der Waals surface area contributed by atoms with Crippen molar-refractivity contribution in [2.24, 2.45) is 0 Å². The van der Waals surface area contributed by atoms with Crippen LogP contribution in [0.3, 0.4) is 0 Å². The molecule has 0 unspecified atom stereocenters. The fraction of sp³-hybridized carbons (Fsp3) is 0.190. The smallest absolute Gasteiger partial charge is 0.252 e. The number of anilines is 2. The van der Waals surface area contributed by atoms with Crippen LogP contribution in [-0.2, 0) is 4.79 Å². The zero-order valence-corrected chi connectivity index (χ0v) is 17.2. The molecule has 3 N–H and O–H groups in total. The first-order valence-corrected chi connectivity index (χ1v) is 9.49. The molecule has 0 aliphatic rings. The standard InChI is InChI=1S/C21H21ClN4O4/c1-29-17-7-6-13(10-18(17)30-2)16-12-20(28)26-21(25-16)23-9-8-19(27)24-15-5-3-4-14(22)11-15/h3-7,10-12H,8-9H2,1-2H3,(H,24,27)(H2,23,25,26,28). The Hall–Kier alpha value is -3.52. The molecule has 0 bridgehead atoms. The van der Waals surface area contributed by atoms with Crippen molar-refractivity contribution in [2.75, 3.05) is 31.4 Å². The van der Waals surface area contributed by atoms with Gasteiger partial charge in [0.15, 0.2) is 11.5 Å². The van der Waals surface area contributed by atoms with Gasteiger partial charge in [0.1, 0.15) is 0 Å². The predicted octanol–water partition coefficient (Wildman–Crippen LogP) is 3.55. The third-order valence-corrected chi connectivity index (χ3v) is 4.41. The van der Waals surface area contributed by atoms with Gasteiger partial charge in [-0.05, 0) is 36.4 Å². The van der Waals surface area contributed by atoms with Gasteiger partial charge in [0.2, 0.25) is 11.9 Å². The van der Waals surface area contributed by atoms with Gasteiger partial charge in [-0.3, -0.25) is 14.6 Å². The van der Waals surface area contributed by atoms with Gasteiger partial charge in [0.25, 0.3) is 5.56 Å². The molecular weight excluding hydrogens is 408 g/mol. The summed E-state index contributed by atoms with van der Waals surface area (Å²) in [6.45, 7) is 0.282. The lowest BCUT2D eigenvalue weighted by Gasteiger charge is -2.11. The number of carbonyl (C=O) groups excluding carboxylic acids is 1. The molecule has 156 valence electrons. The second-order valence-corrected chi connectivity index (χ2v) is 6.72. The van der Waals surface area contributed by atoms with E-state index in [0.717, 1.165) is 0 Å². The summed E-state index contributed by atoms with van der Waals surface area (Å²) >= 11 is 5.91. The Labute approximate surface area is 178 Å². The van der Waals surface area contributed by atoms with Crippen LogP contribution in [0, 0.1) is 0 Å².